The molecular formula is C25H35N. The Morgan fingerprint density at radius 3 is 2.19 bits per heavy atom. The minimum absolute atomic E-state index is 0.723. The van der Waals surface area contributed by atoms with Crippen molar-refractivity contribution in [3.05, 3.63) is 59.7 Å². The summed E-state index contributed by atoms with van der Waals surface area (Å²) in [5.74, 6) is 1.66. The monoisotopic (exact) mass is 349 g/mol. The quantitative estimate of drug-likeness (QED) is 0.249. The van der Waals surface area contributed by atoms with E-state index in [4.69, 9.17) is 5.26 Å². The van der Waals surface area contributed by atoms with Gasteiger partial charge in [0.15, 0.2) is 0 Å². The van der Waals surface area contributed by atoms with Crippen molar-refractivity contribution in [2.24, 2.45) is 11.8 Å². The van der Waals surface area contributed by atoms with Gasteiger partial charge in [0.2, 0.25) is 0 Å². The number of unbranched alkanes of at least 4 members (excludes halogenated alkanes) is 2. The zero-order valence-corrected chi connectivity index (χ0v) is 16.5. The number of nitriles is 1. The molecule has 1 saturated carbocycles. The first kappa shape index (κ1) is 20.5. The summed E-state index contributed by atoms with van der Waals surface area (Å²) in [4.78, 5) is 0. The molecule has 1 aliphatic rings. The van der Waals surface area contributed by atoms with Crippen molar-refractivity contribution in [1.29, 1.82) is 5.26 Å². The fourth-order valence-corrected chi connectivity index (χ4v) is 4.00. The van der Waals surface area contributed by atoms with Crippen LogP contribution < -0.4 is 0 Å². The Hall–Kier alpha value is -1.81. The number of hydrogen-bond donors (Lipinski definition) is 0. The fourth-order valence-electron chi connectivity index (χ4n) is 4.00. The van der Waals surface area contributed by atoms with Gasteiger partial charge in [-0.25, -0.2) is 0 Å². The number of nitrogens with zero attached hydrogens (tertiary/aromatic N) is 1. The smallest absolute Gasteiger partial charge is 0.0912 e. The summed E-state index contributed by atoms with van der Waals surface area (Å²) in [7, 11) is 0. The second-order valence-corrected chi connectivity index (χ2v) is 7.82. The second-order valence-electron chi connectivity index (χ2n) is 7.82. The van der Waals surface area contributed by atoms with E-state index in [1.54, 1.807) is 6.08 Å². The molecule has 1 nitrogen and oxygen atoms in total. The normalized spacial score (nSPS) is 20.6. The lowest BCUT2D eigenvalue weighted by Crippen LogP contribution is -2.13. The third-order valence-electron chi connectivity index (χ3n) is 5.73. The predicted molar refractivity (Wildman–Crippen MR) is 112 cm³/mol. The van der Waals surface area contributed by atoms with E-state index in [0.717, 1.165) is 11.8 Å². The highest BCUT2D eigenvalue weighted by Crippen LogP contribution is 2.32. The first-order valence-electron chi connectivity index (χ1n) is 10.6. The van der Waals surface area contributed by atoms with Crippen LogP contribution in [0, 0.1) is 23.2 Å². The minimum Gasteiger partial charge on any atom is -0.193 e. The van der Waals surface area contributed by atoms with Crippen LogP contribution >= 0.6 is 0 Å². The molecule has 0 atom stereocenters. The van der Waals surface area contributed by atoms with E-state index in [9.17, 15) is 0 Å². The van der Waals surface area contributed by atoms with Crippen molar-refractivity contribution in [2.75, 3.05) is 0 Å². The molecule has 1 aromatic carbocycles. The van der Waals surface area contributed by atoms with Gasteiger partial charge in [0.25, 0.3) is 0 Å². The van der Waals surface area contributed by atoms with Crippen molar-refractivity contribution in [2.45, 2.75) is 77.6 Å². The minimum atomic E-state index is 0.723. The van der Waals surface area contributed by atoms with E-state index in [-0.39, 0.29) is 0 Å². The molecule has 0 radical (unpaired) electrons. The Morgan fingerprint density at radius 2 is 1.58 bits per heavy atom. The summed E-state index contributed by atoms with van der Waals surface area (Å²) in [6, 6.07) is 11.4. The van der Waals surface area contributed by atoms with Gasteiger partial charge in [-0.2, -0.15) is 5.26 Å². The van der Waals surface area contributed by atoms with Crippen LogP contribution in [0.25, 0.3) is 0 Å². The third kappa shape index (κ3) is 8.05. The Morgan fingerprint density at radius 1 is 0.923 bits per heavy atom. The van der Waals surface area contributed by atoms with Crippen LogP contribution in [-0.4, -0.2) is 0 Å². The van der Waals surface area contributed by atoms with Gasteiger partial charge in [0.1, 0.15) is 0 Å². The molecule has 0 aromatic heterocycles. The lowest BCUT2D eigenvalue weighted by molar-refractivity contribution is 0.289. The topological polar surface area (TPSA) is 23.8 Å². The highest BCUT2D eigenvalue weighted by Gasteiger charge is 2.18. The van der Waals surface area contributed by atoms with Crippen LogP contribution in [0.2, 0.25) is 0 Å². The van der Waals surface area contributed by atoms with Gasteiger partial charge in [-0.05, 0) is 74.3 Å². The molecule has 0 N–H and O–H groups in total. The summed E-state index contributed by atoms with van der Waals surface area (Å²) in [5.41, 5.74) is 2.99. The molecule has 0 unspecified atom stereocenters. The van der Waals surface area contributed by atoms with Gasteiger partial charge in [-0.3, -0.25) is 0 Å². The maximum Gasteiger partial charge on any atom is 0.0912 e. The third-order valence-corrected chi connectivity index (χ3v) is 5.73. The molecule has 2 rings (SSSR count). The molecule has 0 spiro atoms. The first-order valence-corrected chi connectivity index (χ1v) is 10.6. The SMILES string of the molecule is CCCCc1ccc(CCCCC2CCC(C=CC=CC#N)CC2)cc1. The van der Waals surface area contributed by atoms with Gasteiger partial charge in [0.05, 0.1) is 6.07 Å². The lowest BCUT2D eigenvalue weighted by Gasteiger charge is -2.26. The van der Waals surface area contributed by atoms with Gasteiger partial charge in [0, 0.05) is 6.08 Å². The van der Waals surface area contributed by atoms with Crippen molar-refractivity contribution in [1.82, 2.24) is 0 Å². The van der Waals surface area contributed by atoms with Gasteiger partial charge in [-0.15, -0.1) is 0 Å². The summed E-state index contributed by atoms with van der Waals surface area (Å²) in [6.07, 6.45) is 22.2. The Bertz CT molecular complexity index is 580. The van der Waals surface area contributed by atoms with Crippen LogP contribution in [-0.2, 0) is 12.8 Å². The fraction of sp³-hybridized carbons (Fsp3) is 0.560. The van der Waals surface area contributed by atoms with E-state index < -0.39 is 0 Å². The molecule has 1 heteroatoms. The van der Waals surface area contributed by atoms with Crippen molar-refractivity contribution in [3.63, 3.8) is 0 Å². The number of allylic oxidation sites excluding steroid dienone is 4. The molecule has 0 heterocycles. The zero-order valence-electron chi connectivity index (χ0n) is 16.5. The molecule has 0 bridgehead atoms. The maximum atomic E-state index is 8.49. The standard InChI is InChI=1S/C25H35N/c1-2-3-9-22-13-15-24(16-14-22)11-6-7-12-25-19-17-23(18-20-25)10-5-4-8-21-26/h4-5,8,10,13-16,23,25H,2-3,6-7,9,11-12,17-20H2,1H3. The van der Waals surface area contributed by atoms with Crippen molar-refractivity contribution < 1.29 is 0 Å². The molecular weight excluding hydrogens is 314 g/mol. The average Bonchev–Trinajstić information content (AvgIpc) is 2.69. The molecule has 1 aliphatic carbocycles. The highest BCUT2D eigenvalue weighted by atomic mass is 14.2. The summed E-state index contributed by atoms with van der Waals surface area (Å²) in [5, 5.41) is 8.49. The largest absolute Gasteiger partial charge is 0.193 e. The van der Waals surface area contributed by atoms with E-state index in [1.165, 1.54) is 81.8 Å². The summed E-state index contributed by atoms with van der Waals surface area (Å²) >= 11 is 0. The van der Waals surface area contributed by atoms with E-state index >= 15 is 0 Å². The maximum absolute atomic E-state index is 8.49. The second kappa shape index (κ2) is 12.5. The zero-order chi connectivity index (χ0) is 18.5. The lowest BCUT2D eigenvalue weighted by atomic mass is 9.79. The van der Waals surface area contributed by atoms with Crippen LogP contribution in [0.4, 0.5) is 0 Å². The average molecular weight is 350 g/mol. The van der Waals surface area contributed by atoms with Gasteiger partial charge >= 0.3 is 0 Å². The van der Waals surface area contributed by atoms with Crippen LogP contribution in [0.3, 0.4) is 0 Å². The predicted octanol–water partition coefficient (Wildman–Crippen LogP) is 7.18. The Labute approximate surface area is 160 Å². The molecule has 1 fully saturated rings. The molecule has 1 aromatic rings. The molecule has 140 valence electrons. The van der Waals surface area contributed by atoms with E-state index in [2.05, 4.69) is 37.3 Å². The number of hydrogen-bond acceptors (Lipinski definition) is 1. The molecule has 0 amide bonds. The Kier molecular flexibility index (Phi) is 9.88. The van der Waals surface area contributed by atoms with E-state index in [0.29, 0.717) is 0 Å². The summed E-state index contributed by atoms with van der Waals surface area (Å²) in [6.45, 7) is 2.26. The number of benzene rings is 1. The Balaban J connectivity index is 1.57. The van der Waals surface area contributed by atoms with Crippen LogP contribution in [0.15, 0.2) is 48.6 Å². The van der Waals surface area contributed by atoms with Crippen LogP contribution in [0.5, 0.6) is 0 Å². The summed E-state index contributed by atoms with van der Waals surface area (Å²) < 4.78 is 0. The van der Waals surface area contributed by atoms with Crippen molar-refractivity contribution in [3.8, 4) is 6.07 Å². The van der Waals surface area contributed by atoms with Crippen LogP contribution in [0.1, 0.15) is 75.8 Å². The number of aryl methyl sites for hydroxylation is 2. The molecule has 0 saturated heterocycles. The molecule has 26 heavy (non-hydrogen) atoms. The number of rotatable bonds is 10. The van der Waals surface area contributed by atoms with Crippen molar-refractivity contribution >= 4 is 0 Å². The first-order chi connectivity index (χ1) is 12.8. The molecule has 0 aliphatic heterocycles. The van der Waals surface area contributed by atoms with E-state index in [1.807, 2.05) is 18.2 Å². The van der Waals surface area contributed by atoms with Gasteiger partial charge in [-0.1, -0.05) is 68.7 Å². The highest BCUT2D eigenvalue weighted by molar-refractivity contribution is 5.22. The van der Waals surface area contributed by atoms with Gasteiger partial charge < -0.3 is 0 Å².